The van der Waals surface area contributed by atoms with Crippen molar-refractivity contribution in [2.75, 3.05) is 26.2 Å². The summed E-state index contributed by atoms with van der Waals surface area (Å²) < 4.78 is 0. The van der Waals surface area contributed by atoms with Gasteiger partial charge in [0.15, 0.2) is 0 Å². The molecule has 1 aliphatic heterocycles. The Labute approximate surface area is 84.8 Å². The molecule has 1 unspecified atom stereocenters. The van der Waals surface area contributed by atoms with Gasteiger partial charge in [-0.05, 0) is 19.4 Å². The highest BCUT2D eigenvalue weighted by atomic mass is 16.2. The number of terminal acetylenes is 1. The molecular weight excluding hydrogens is 178 g/mol. The second-order valence-electron chi connectivity index (χ2n) is 3.62. The molecule has 3 N–H and O–H groups in total. The van der Waals surface area contributed by atoms with Gasteiger partial charge >= 0.3 is 0 Å². The van der Waals surface area contributed by atoms with Gasteiger partial charge in [-0.25, -0.2) is 0 Å². The lowest BCUT2D eigenvalue weighted by atomic mass is 10.1. The van der Waals surface area contributed by atoms with E-state index in [0.717, 1.165) is 25.9 Å². The number of nitrogens with two attached hydrogens (primary N) is 1. The van der Waals surface area contributed by atoms with Crippen molar-refractivity contribution in [1.29, 1.82) is 0 Å². The van der Waals surface area contributed by atoms with E-state index < -0.39 is 0 Å². The number of hydrogen-bond donors (Lipinski definition) is 2. The first-order valence-electron chi connectivity index (χ1n) is 4.90. The molecule has 1 atom stereocenters. The van der Waals surface area contributed by atoms with E-state index in [2.05, 4.69) is 16.1 Å². The summed E-state index contributed by atoms with van der Waals surface area (Å²) in [6, 6.07) is 0.212. The van der Waals surface area contributed by atoms with Crippen LogP contribution in [-0.4, -0.2) is 43.0 Å². The van der Waals surface area contributed by atoms with Crippen LogP contribution in [-0.2, 0) is 4.79 Å². The smallest absolute Gasteiger partial charge is 0.234 e. The lowest BCUT2D eigenvalue weighted by molar-refractivity contribution is -0.122. The quantitative estimate of drug-likeness (QED) is 0.577. The summed E-state index contributed by atoms with van der Waals surface area (Å²) in [6.07, 6.45) is 7.16. The summed E-state index contributed by atoms with van der Waals surface area (Å²) >= 11 is 0. The first-order chi connectivity index (χ1) is 6.72. The number of nitrogens with one attached hydrogen (secondary N) is 1. The molecule has 1 rings (SSSR count). The van der Waals surface area contributed by atoms with Crippen molar-refractivity contribution in [2.24, 2.45) is 5.73 Å². The summed E-state index contributed by atoms with van der Waals surface area (Å²) in [5.41, 5.74) is 5.80. The van der Waals surface area contributed by atoms with Crippen molar-refractivity contribution >= 4 is 5.91 Å². The first-order valence-corrected chi connectivity index (χ1v) is 4.90. The van der Waals surface area contributed by atoms with E-state index in [1.807, 2.05) is 0 Å². The predicted molar refractivity (Wildman–Crippen MR) is 55.5 cm³/mol. The van der Waals surface area contributed by atoms with Gasteiger partial charge in [0.25, 0.3) is 0 Å². The molecule has 0 aromatic rings. The Kier molecular flexibility index (Phi) is 4.44. The van der Waals surface area contributed by atoms with Gasteiger partial charge in [-0.2, -0.15) is 0 Å². The average Bonchev–Trinajstić information content (AvgIpc) is 2.15. The Balaban J connectivity index is 2.22. The third-order valence-electron chi connectivity index (χ3n) is 2.30. The molecule has 4 heteroatoms. The topological polar surface area (TPSA) is 58.4 Å². The first kappa shape index (κ1) is 11.0. The molecule has 1 heterocycles. The summed E-state index contributed by atoms with van der Waals surface area (Å²) in [5, 5.41) is 2.64. The largest absolute Gasteiger partial charge is 0.344 e. The van der Waals surface area contributed by atoms with Crippen molar-refractivity contribution < 1.29 is 4.79 Å². The van der Waals surface area contributed by atoms with Crippen LogP contribution >= 0.6 is 0 Å². The Morgan fingerprint density at radius 2 is 2.50 bits per heavy atom. The molecule has 0 aromatic carbocycles. The molecule has 4 nitrogen and oxygen atoms in total. The number of piperidine rings is 1. The van der Waals surface area contributed by atoms with Crippen LogP contribution in [0.2, 0.25) is 0 Å². The number of hydrogen-bond acceptors (Lipinski definition) is 3. The van der Waals surface area contributed by atoms with Gasteiger partial charge in [0.1, 0.15) is 0 Å². The number of carbonyl (C=O) groups is 1. The van der Waals surface area contributed by atoms with Crippen LogP contribution in [0.5, 0.6) is 0 Å². The molecule has 1 aliphatic rings. The molecule has 0 saturated carbocycles. The van der Waals surface area contributed by atoms with E-state index in [1.165, 1.54) is 0 Å². The van der Waals surface area contributed by atoms with Crippen molar-refractivity contribution in [3.05, 3.63) is 0 Å². The van der Waals surface area contributed by atoms with Gasteiger partial charge in [0, 0.05) is 12.6 Å². The minimum atomic E-state index is -0.0166. The zero-order chi connectivity index (χ0) is 10.4. The number of rotatable bonds is 3. The van der Waals surface area contributed by atoms with Crippen LogP contribution in [0.1, 0.15) is 12.8 Å². The van der Waals surface area contributed by atoms with Gasteiger partial charge in [0.05, 0.1) is 13.1 Å². The molecule has 1 fully saturated rings. The van der Waals surface area contributed by atoms with Crippen molar-refractivity contribution in [3.63, 3.8) is 0 Å². The average molecular weight is 195 g/mol. The fraction of sp³-hybridized carbons (Fsp3) is 0.700. The summed E-state index contributed by atoms with van der Waals surface area (Å²) in [5.74, 6) is 2.35. The van der Waals surface area contributed by atoms with Crippen LogP contribution in [0.25, 0.3) is 0 Å². The summed E-state index contributed by atoms with van der Waals surface area (Å²) in [4.78, 5) is 13.4. The van der Waals surface area contributed by atoms with Gasteiger partial charge in [0.2, 0.25) is 5.91 Å². The van der Waals surface area contributed by atoms with Gasteiger partial charge in [-0.3, -0.25) is 9.69 Å². The Bertz CT molecular complexity index is 234. The normalized spacial score (nSPS) is 22.7. The maximum absolute atomic E-state index is 11.3. The molecule has 1 amide bonds. The highest BCUT2D eigenvalue weighted by Crippen LogP contribution is 2.06. The van der Waals surface area contributed by atoms with Crippen LogP contribution in [0.4, 0.5) is 0 Å². The molecule has 14 heavy (non-hydrogen) atoms. The van der Waals surface area contributed by atoms with Gasteiger partial charge in [-0.15, -0.1) is 6.42 Å². The monoisotopic (exact) mass is 195 g/mol. The molecule has 1 saturated heterocycles. The second-order valence-corrected chi connectivity index (χ2v) is 3.62. The SMILES string of the molecule is C#CCNC(=O)CN1CCCC(N)C1. The second kappa shape index (κ2) is 5.63. The standard InChI is InChI=1S/C10H17N3O/c1-2-5-12-10(14)8-13-6-3-4-9(11)7-13/h1,9H,3-8,11H2,(H,12,14). The zero-order valence-corrected chi connectivity index (χ0v) is 8.33. The summed E-state index contributed by atoms with van der Waals surface area (Å²) in [6.45, 7) is 2.48. The minimum absolute atomic E-state index is 0.0166. The molecule has 0 spiro atoms. The molecule has 0 radical (unpaired) electrons. The van der Waals surface area contributed by atoms with E-state index in [9.17, 15) is 4.79 Å². The van der Waals surface area contributed by atoms with E-state index >= 15 is 0 Å². The number of nitrogens with zero attached hydrogens (tertiary/aromatic N) is 1. The molecule has 0 bridgehead atoms. The van der Waals surface area contributed by atoms with Crippen LogP contribution < -0.4 is 11.1 Å². The zero-order valence-electron chi connectivity index (χ0n) is 8.33. The van der Waals surface area contributed by atoms with E-state index in [4.69, 9.17) is 12.2 Å². The van der Waals surface area contributed by atoms with E-state index in [-0.39, 0.29) is 11.9 Å². The van der Waals surface area contributed by atoms with Gasteiger partial charge in [-0.1, -0.05) is 5.92 Å². The lowest BCUT2D eigenvalue weighted by Gasteiger charge is -2.29. The summed E-state index contributed by atoms with van der Waals surface area (Å²) in [7, 11) is 0. The predicted octanol–water partition coefficient (Wildman–Crippen LogP) is -0.841. The fourth-order valence-electron chi connectivity index (χ4n) is 1.64. The number of likely N-dealkylation sites (tertiary alicyclic amines) is 1. The maximum Gasteiger partial charge on any atom is 0.234 e. The maximum atomic E-state index is 11.3. The Morgan fingerprint density at radius 3 is 3.14 bits per heavy atom. The van der Waals surface area contributed by atoms with E-state index in [1.54, 1.807) is 0 Å². The molecule has 0 aromatic heterocycles. The highest BCUT2D eigenvalue weighted by molar-refractivity contribution is 5.78. The van der Waals surface area contributed by atoms with Crippen molar-refractivity contribution in [1.82, 2.24) is 10.2 Å². The minimum Gasteiger partial charge on any atom is -0.344 e. The van der Waals surface area contributed by atoms with Crippen LogP contribution in [0, 0.1) is 12.3 Å². The molecule has 0 aliphatic carbocycles. The van der Waals surface area contributed by atoms with E-state index in [0.29, 0.717) is 13.1 Å². The lowest BCUT2D eigenvalue weighted by Crippen LogP contribution is -2.46. The third kappa shape index (κ3) is 3.77. The van der Waals surface area contributed by atoms with Crippen LogP contribution in [0.15, 0.2) is 0 Å². The van der Waals surface area contributed by atoms with Crippen molar-refractivity contribution in [3.8, 4) is 12.3 Å². The third-order valence-corrected chi connectivity index (χ3v) is 2.30. The fourth-order valence-corrected chi connectivity index (χ4v) is 1.64. The Morgan fingerprint density at radius 1 is 1.71 bits per heavy atom. The number of carbonyl (C=O) groups excluding carboxylic acids is 1. The Hall–Kier alpha value is -1.05. The van der Waals surface area contributed by atoms with Crippen molar-refractivity contribution in [2.45, 2.75) is 18.9 Å². The van der Waals surface area contributed by atoms with Crippen LogP contribution in [0.3, 0.4) is 0 Å². The highest BCUT2D eigenvalue weighted by Gasteiger charge is 2.18. The van der Waals surface area contributed by atoms with Gasteiger partial charge < -0.3 is 11.1 Å². The molecular formula is C10H17N3O. The molecule has 78 valence electrons. The number of amides is 1.